The first-order valence-electron chi connectivity index (χ1n) is 5.99. The quantitative estimate of drug-likeness (QED) is 0.655. The van der Waals surface area contributed by atoms with Crippen molar-refractivity contribution in [2.75, 3.05) is 39.9 Å². The number of hydrogen-bond donors (Lipinski definition) is 0. The van der Waals surface area contributed by atoms with Gasteiger partial charge in [-0.3, -0.25) is 9.13 Å². The van der Waals surface area contributed by atoms with E-state index < -0.39 is 14.7 Å². The normalized spacial score (nSPS) is 17.5. The molecule has 2 atom stereocenters. The van der Waals surface area contributed by atoms with E-state index in [1.165, 1.54) is 14.2 Å². The van der Waals surface area contributed by atoms with Crippen LogP contribution in [-0.2, 0) is 18.2 Å². The van der Waals surface area contributed by atoms with Gasteiger partial charge in [-0.05, 0) is 12.8 Å². The van der Waals surface area contributed by atoms with E-state index in [-0.39, 0.29) is 0 Å². The molecule has 2 unspecified atom stereocenters. The summed E-state index contributed by atoms with van der Waals surface area (Å²) in [7, 11) is -1.36. The molecule has 0 bridgehead atoms. The molecule has 0 aliphatic rings. The highest BCUT2D eigenvalue weighted by molar-refractivity contribution is 7.58. The molecule has 0 aromatic carbocycles. The summed E-state index contributed by atoms with van der Waals surface area (Å²) in [6.45, 7) is 7.42. The van der Waals surface area contributed by atoms with E-state index >= 15 is 0 Å². The van der Waals surface area contributed by atoms with E-state index in [1.807, 2.05) is 6.92 Å². The topological polar surface area (TPSA) is 52.6 Å². The summed E-state index contributed by atoms with van der Waals surface area (Å²) in [6.07, 6.45) is 4.44. The lowest BCUT2D eigenvalue weighted by Crippen LogP contribution is -1.88. The average molecular weight is 286 g/mol. The Hall–Kier alpha value is 0.380. The maximum absolute atomic E-state index is 11.1. The molecule has 17 heavy (non-hydrogen) atoms. The molecular weight excluding hydrogens is 258 g/mol. The van der Waals surface area contributed by atoms with Crippen molar-refractivity contribution in [3.63, 3.8) is 0 Å². The second-order valence-corrected chi connectivity index (χ2v) is 9.88. The zero-order valence-electron chi connectivity index (χ0n) is 12.1. The lowest BCUT2D eigenvalue weighted by Gasteiger charge is -2.07. The highest BCUT2D eigenvalue weighted by atomic mass is 31.2. The van der Waals surface area contributed by atoms with Gasteiger partial charge in [-0.2, -0.15) is 0 Å². The van der Waals surface area contributed by atoms with Gasteiger partial charge in [-0.15, -0.1) is 0 Å². The van der Waals surface area contributed by atoms with Crippen LogP contribution in [0.4, 0.5) is 0 Å². The van der Waals surface area contributed by atoms with Crippen molar-refractivity contribution >= 4 is 14.7 Å². The summed E-state index contributed by atoms with van der Waals surface area (Å²) in [5, 5.41) is 0. The van der Waals surface area contributed by atoms with Crippen LogP contribution in [0.15, 0.2) is 0 Å². The molecule has 0 amide bonds. The molecule has 0 radical (unpaired) electrons. The van der Waals surface area contributed by atoms with Gasteiger partial charge in [0.25, 0.3) is 0 Å². The van der Waals surface area contributed by atoms with Crippen LogP contribution in [0.25, 0.3) is 0 Å². The second-order valence-electron chi connectivity index (χ2n) is 4.19. The standard InChI is InChI=1S/C6H15O2P.C5H13O2P/c1-4-5-6-9(3,7)8-2;1-4-5-8(3,6)7-2/h4-6H2,1-3H3;4-5H2,1-3H3. The van der Waals surface area contributed by atoms with Gasteiger partial charge in [-0.25, -0.2) is 0 Å². The maximum Gasteiger partial charge on any atom is 0.199 e. The van der Waals surface area contributed by atoms with Gasteiger partial charge in [0.15, 0.2) is 14.7 Å². The predicted molar refractivity (Wildman–Crippen MR) is 76.0 cm³/mol. The minimum atomic E-state index is -2.19. The summed E-state index contributed by atoms with van der Waals surface area (Å²) in [5.74, 6) is 0. The average Bonchev–Trinajstić information content (AvgIpc) is 2.27. The Labute approximate surface area is 106 Å². The SMILES string of the molecule is CCCCP(C)(=O)OC.CCCP(C)(=O)OC. The number of unbranched alkanes of at least 4 members (excludes halogenated alkanes) is 1. The van der Waals surface area contributed by atoms with Gasteiger partial charge >= 0.3 is 0 Å². The van der Waals surface area contributed by atoms with Crippen molar-refractivity contribution in [1.29, 1.82) is 0 Å². The van der Waals surface area contributed by atoms with Gasteiger partial charge < -0.3 is 9.05 Å². The summed E-state index contributed by atoms with van der Waals surface area (Å²) in [5.41, 5.74) is 0. The van der Waals surface area contributed by atoms with Crippen molar-refractivity contribution in [3.8, 4) is 0 Å². The van der Waals surface area contributed by atoms with Crippen molar-refractivity contribution in [3.05, 3.63) is 0 Å². The molecule has 0 saturated heterocycles. The van der Waals surface area contributed by atoms with Crippen molar-refractivity contribution in [2.24, 2.45) is 0 Å². The largest absolute Gasteiger partial charge is 0.332 e. The minimum absolute atomic E-state index is 0.698. The fourth-order valence-electron chi connectivity index (χ4n) is 1.03. The Morgan fingerprint density at radius 1 is 0.824 bits per heavy atom. The summed E-state index contributed by atoms with van der Waals surface area (Å²) in [4.78, 5) is 0. The molecule has 0 saturated carbocycles. The van der Waals surface area contributed by atoms with Crippen molar-refractivity contribution in [1.82, 2.24) is 0 Å². The maximum atomic E-state index is 11.1. The van der Waals surface area contributed by atoms with Crippen LogP contribution in [0.2, 0.25) is 0 Å². The lowest BCUT2D eigenvalue weighted by atomic mass is 10.4. The zero-order chi connectivity index (χ0) is 13.9. The van der Waals surface area contributed by atoms with Crippen LogP contribution in [0.3, 0.4) is 0 Å². The molecule has 0 aliphatic heterocycles. The first kappa shape index (κ1) is 19.7. The van der Waals surface area contributed by atoms with Crippen LogP contribution in [0.1, 0.15) is 33.1 Å². The Morgan fingerprint density at radius 3 is 1.47 bits per heavy atom. The molecule has 0 aliphatic carbocycles. The summed E-state index contributed by atoms with van der Waals surface area (Å²) in [6, 6.07) is 0. The minimum Gasteiger partial charge on any atom is -0.332 e. The Bertz CT molecular complexity index is 266. The fraction of sp³-hybridized carbons (Fsp3) is 1.00. The third kappa shape index (κ3) is 14.3. The first-order chi connectivity index (χ1) is 7.74. The highest BCUT2D eigenvalue weighted by Gasteiger charge is 2.11. The monoisotopic (exact) mass is 286 g/mol. The summed E-state index contributed by atoms with van der Waals surface area (Å²) < 4.78 is 31.6. The molecule has 0 N–H and O–H groups in total. The molecule has 6 heteroatoms. The smallest absolute Gasteiger partial charge is 0.199 e. The molecule has 0 spiro atoms. The molecule has 0 rings (SSSR count). The van der Waals surface area contributed by atoms with Crippen LogP contribution >= 0.6 is 14.7 Å². The van der Waals surface area contributed by atoms with Gasteiger partial charge in [0.05, 0.1) is 0 Å². The fourth-order valence-corrected chi connectivity index (χ4v) is 3.10. The molecule has 4 nitrogen and oxygen atoms in total. The van der Waals surface area contributed by atoms with Crippen LogP contribution in [0, 0.1) is 0 Å². The molecule has 0 aromatic rings. The van der Waals surface area contributed by atoms with Gasteiger partial charge in [0, 0.05) is 39.9 Å². The Balaban J connectivity index is 0. The third-order valence-electron chi connectivity index (χ3n) is 2.32. The van der Waals surface area contributed by atoms with Gasteiger partial charge in [-0.1, -0.05) is 20.3 Å². The van der Waals surface area contributed by atoms with Crippen LogP contribution in [0.5, 0.6) is 0 Å². The lowest BCUT2D eigenvalue weighted by molar-refractivity contribution is 0.397. The van der Waals surface area contributed by atoms with E-state index in [4.69, 9.17) is 9.05 Å². The molecular formula is C11H28O4P2. The van der Waals surface area contributed by atoms with E-state index in [9.17, 15) is 9.13 Å². The summed E-state index contributed by atoms with van der Waals surface area (Å²) >= 11 is 0. The van der Waals surface area contributed by atoms with Crippen LogP contribution < -0.4 is 0 Å². The van der Waals surface area contributed by atoms with Gasteiger partial charge in [0.1, 0.15) is 0 Å². The highest BCUT2D eigenvalue weighted by Crippen LogP contribution is 2.42. The second kappa shape index (κ2) is 10.3. The third-order valence-corrected chi connectivity index (χ3v) is 6.25. The van der Waals surface area contributed by atoms with Crippen molar-refractivity contribution in [2.45, 2.75) is 33.1 Å². The first-order valence-corrected chi connectivity index (χ1v) is 10.5. The van der Waals surface area contributed by atoms with E-state index in [2.05, 4.69) is 6.92 Å². The van der Waals surface area contributed by atoms with Crippen LogP contribution in [-0.4, -0.2) is 39.9 Å². The molecule has 0 fully saturated rings. The Kier molecular flexibility index (Phi) is 12.0. The Morgan fingerprint density at radius 2 is 1.24 bits per heavy atom. The van der Waals surface area contributed by atoms with E-state index in [0.717, 1.165) is 25.4 Å². The van der Waals surface area contributed by atoms with Crippen molar-refractivity contribution < 1.29 is 18.2 Å². The van der Waals surface area contributed by atoms with E-state index in [0.29, 0.717) is 6.16 Å². The van der Waals surface area contributed by atoms with Gasteiger partial charge in [0.2, 0.25) is 0 Å². The molecule has 106 valence electrons. The molecule has 0 heterocycles. The van der Waals surface area contributed by atoms with E-state index in [1.54, 1.807) is 13.3 Å². The number of rotatable bonds is 7. The molecule has 0 aromatic heterocycles. The zero-order valence-corrected chi connectivity index (χ0v) is 13.9. The predicted octanol–water partition coefficient (Wildman–Crippen LogP) is 4.29. The number of hydrogen-bond acceptors (Lipinski definition) is 4.